The van der Waals surface area contributed by atoms with Crippen molar-refractivity contribution in [3.05, 3.63) is 54.2 Å². The maximum atomic E-state index is 11.6. The van der Waals surface area contributed by atoms with E-state index in [1.807, 2.05) is 24.3 Å². The lowest BCUT2D eigenvalue weighted by atomic mass is 9.98. The Bertz CT molecular complexity index is 632. The molecule has 22 heavy (non-hydrogen) atoms. The van der Waals surface area contributed by atoms with Gasteiger partial charge >= 0.3 is 0 Å². The zero-order chi connectivity index (χ0) is 15.9. The predicted molar refractivity (Wildman–Crippen MR) is 92.6 cm³/mol. The third-order valence-corrected chi connectivity index (χ3v) is 3.78. The maximum absolute atomic E-state index is 11.6. The van der Waals surface area contributed by atoms with Crippen LogP contribution >= 0.6 is 11.6 Å². The standard InChI is InChI=1S/C17H18ClN3O/c1-3-20-17(19-2)15-6-4-13(5-7-15)14-8-10-21(11-9-14)16(22)12-18/h3-8H,1-2,9-12H2. The van der Waals surface area contributed by atoms with E-state index < -0.39 is 0 Å². The van der Waals surface area contributed by atoms with Gasteiger partial charge in [0.1, 0.15) is 5.88 Å². The van der Waals surface area contributed by atoms with Crippen LogP contribution in [0.1, 0.15) is 17.5 Å². The average molecular weight is 316 g/mol. The van der Waals surface area contributed by atoms with Gasteiger partial charge in [0.2, 0.25) is 5.91 Å². The average Bonchev–Trinajstić information content (AvgIpc) is 2.59. The van der Waals surface area contributed by atoms with Crippen molar-refractivity contribution >= 4 is 35.6 Å². The number of hydrogen-bond acceptors (Lipinski definition) is 2. The molecule has 0 radical (unpaired) electrons. The molecule has 0 N–H and O–H groups in total. The molecular formula is C17H18ClN3O. The lowest BCUT2D eigenvalue weighted by Crippen LogP contribution is -2.35. The summed E-state index contributed by atoms with van der Waals surface area (Å²) in [6, 6.07) is 7.99. The highest BCUT2D eigenvalue weighted by molar-refractivity contribution is 6.27. The van der Waals surface area contributed by atoms with Gasteiger partial charge in [-0.2, -0.15) is 0 Å². The molecule has 114 valence electrons. The van der Waals surface area contributed by atoms with E-state index in [4.69, 9.17) is 11.6 Å². The number of nitrogens with zero attached hydrogens (tertiary/aromatic N) is 3. The van der Waals surface area contributed by atoms with Gasteiger partial charge in [0.15, 0.2) is 5.84 Å². The minimum atomic E-state index is -0.0188. The van der Waals surface area contributed by atoms with E-state index in [0.717, 1.165) is 17.5 Å². The molecule has 4 nitrogen and oxygen atoms in total. The fourth-order valence-electron chi connectivity index (χ4n) is 2.37. The number of aliphatic imine (C=N–C) groups is 2. The molecule has 1 heterocycles. The molecule has 0 saturated heterocycles. The van der Waals surface area contributed by atoms with E-state index in [9.17, 15) is 4.79 Å². The van der Waals surface area contributed by atoms with E-state index >= 15 is 0 Å². The maximum Gasteiger partial charge on any atom is 0.237 e. The van der Waals surface area contributed by atoms with E-state index in [2.05, 4.69) is 29.4 Å². The fourth-order valence-corrected chi connectivity index (χ4v) is 2.54. The molecule has 1 aliphatic heterocycles. The molecule has 0 bridgehead atoms. The predicted octanol–water partition coefficient (Wildman–Crippen LogP) is 3.13. The zero-order valence-corrected chi connectivity index (χ0v) is 13.1. The SMILES string of the molecule is C=CN=C(N=C)c1ccc(C2=CCN(C(=O)CCl)CC2)cc1. The molecule has 0 spiro atoms. The second-order valence-corrected chi connectivity index (χ2v) is 5.09. The van der Waals surface area contributed by atoms with Gasteiger partial charge in [-0.15, -0.1) is 11.6 Å². The second-order valence-electron chi connectivity index (χ2n) is 4.82. The fraction of sp³-hybridized carbons (Fsp3) is 0.235. The number of halogens is 1. The normalized spacial score (nSPS) is 15.2. The summed E-state index contributed by atoms with van der Waals surface area (Å²) in [7, 11) is 0. The highest BCUT2D eigenvalue weighted by Crippen LogP contribution is 2.23. The molecule has 0 atom stereocenters. The largest absolute Gasteiger partial charge is 0.338 e. The first-order valence-corrected chi connectivity index (χ1v) is 7.52. The topological polar surface area (TPSA) is 45.0 Å². The van der Waals surface area contributed by atoms with Gasteiger partial charge in [-0.25, -0.2) is 9.98 Å². The molecule has 2 rings (SSSR count). The summed E-state index contributed by atoms with van der Waals surface area (Å²) in [6.45, 7) is 8.40. The van der Waals surface area contributed by atoms with Crippen molar-refractivity contribution < 1.29 is 4.79 Å². The molecule has 0 aliphatic carbocycles. The molecule has 0 aromatic heterocycles. The minimum Gasteiger partial charge on any atom is -0.338 e. The number of hydrogen-bond donors (Lipinski definition) is 0. The van der Waals surface area contributed by atoms with Crippen LogP contribution in [0.4, 0.5) is 0 Å². The molecule has 1 aromatic rings. The number of alkyl halides is 1. The molecule has 0 fully saturated rings. The monoisotopic (exact) mass is 315 g/mol. The first-order valence-electron chi connectivity index (χ1n) is 6.98. The van der Waals surface area contributed by atoms with Crippen molar-refractivity contribution in [2.24, 2.45) is 9.98 Å². The Morgan fingerprint density at radius 3 is 2.59 bits per heavy atom. The van der Waals surface area contributed by atoms with E-state index in [0.29, 0.717) is 18.9 Å². The summed E-state index contributed by atoms with van der Waals surface area (Å²) >= 11 is 5.58. The van der Waals surface area contributed by atoms with Gasteiger partial charge in [-0.1, -0.05) is 36.9 Å². The highest BCUT2D eigenvalue weighted by atomic mass is 35.5. The summed E-state index contributed by atoms with van der Waals surface area (Å²) in [5, 5.41) is 0. The Labute approximate surface area is 135 Å². The van der Waals surface area contributed by atoms with Crippen molar-refractivity contribution in [1.29, 1.82) is 0 Å². The van der Waals surface area contributed by atoms with Gasteiger partial charge in [-0.05, 0) is 24.3 Å². The summed E-state index contributed by atoms with van der Waals surface area (Å²) in [6.07, 6.45) is 4.35. The van der Waals surface area contributed by atoms with Crippen LogP contribution in [-0.4, -0.2) is 42.3 Å². The Hall–Kier alpha value is -2.20. The minimum absolute atomic E-state index is 0.0188. The lowest BCUT2D eigenvalue weighted by molar-refractivity contribution is -0.128. The zero-order valence-electron chi connectivity index (χ0n) is 12.3. The van der Waals surface area contributed by atoms with E-state index in [1.165, 1.54) is 11.8 Å². The summed E-state index contributed by atoms with van der Waals surface area (Å²) in [5.41, 5.74) is 3.27. The molecule has 5 heteroatoms. The van der Waals surface area contributed by atoms with Crippen LogP contribution in [0.15, 0.2) is 53.1 Å². The molecule has 1 amide bonds. The Morgan fingerprint density at radius 2 is 2.09 bits per heavy atom. The van der Waals surface area contributed by atoms with Crippen molar-refractivity contribution in [2.75, 3.05) is 19.0 Å². The molecule has 1 aliphatic rings. The van der Waals surface area contributed by atoms with Crippen LogP contribution in [0.3, 0.4) is 0 Å². The van der Waals surface area contributed by atoms with Crippen LogP contribution in [-0.2, 0) is 4.79 Å². The second kappa shape index (κ2) is 7.71. The summed E-state index contributed by atoms with van der Waals surface area (Å²) < 4.78 is 0. The first kappa shape index (κ1) is 16.2. The van der Waals surface area contributed by atoms with Crippen molar-refractivity contribution in [3.63, 3.8) is 0 Å². The summed E-state index contributed by atoms with van der Waals surface area (Å²) in [4.78, 5) is 21.3. The third-order valence-electron chi connectivity index (χ3n) is 3.55. The third kappa shape index (κ3) is 3.71. The van der Waals surface area contributed by atoms with Crippen LogP contribution < -0.4 is 0 Å². The number of carbonyl (C=O) groups is 1. The van der Waals surface area contributed by atoms with Gasteiger partial charge in [0.25, 0.3) is 0 Å². The number of amidine groups is 1. The van der Waals surface area contributed by atoms with Crippen LogP contribution in [0.25, 0.3) is 5.57 Å². The Morgan fingerprint density at radius 1 is 1.36 bits per heavy atom. The van der Waals surface area contributed by atoms with Crippen molar-refractivity contribution in [3.8, 4) is 0 Å². The van der Waals surface area contributed by atoms with Gasteiger partial charge in [-0.3, -0.25) is 4.79 Å². The Balaban J connectivity index is 2.13. The van der Waals surface area contributed by atoms with Gasteiger partial charge in [0.05, 0.1) is 0 Å². The number of benzene rings is 1. The molecule has 0 saturated carbocycles. The van der Waals surface area contributed by atoms with Crippen molar-refractivity contribution in [1.82, 2.24) is 4.90 Å². The number of rotatable bonds is 4. The number of carbonyl (C=O) groups excluding carboxylic acids is 1. The van der Waals surface area contributed by atoms with Crippen LogP contribution in [0, 0.1) is 0 Å². The van der Waals surface area contributed by atoms with Gasteiger partial charge in [0, 0.05) is 24.9 Å². The molecule has 1 aromatic carbocycles. The first-order chi connectivity index (χ1) is 10.7. The summed E-state index contributed by atoms with van der Waals surface area (Å²) in [5.74, 6) is 0.574. The van der Waals surface area contributed by atoms with E-state index in [1.54, 1.807) is 4.90 Å². The van der Waals surface area contributed by atoms with Crippen LogP contribution in [0.5, 0.6) is 0 Å². The van der Waals surface area contributed by atoms with E-state index in [-0.39, 0.29) is 11.8 Å². The van der Waals surface area contributed by atoms with Crippen LogP contribution in [0.2, 0.25) is 0 Å². The lowest BCUT2D eigenvalue weighted by Gasteiger charge is -2.26. The smallest absolute Gasteiger partial charge is 0.237 e. The highest BCUT2D eigenvalue weighted by Gasteiger charge is 2.16. The molecular weight excluding hydrogens is 298 g/mol. The Kier molecular flexibility index (Phi) is 5.67. The quantitative estimate of drug-likeness (QED) is 0.478. The number of amides is 1. The molecule has 0 unspecified atom stereocenters. The van der Waals surface area contributed by atoms with Crippen molar-refractivity contribution in [2.45, 2.75) is 6.42 Å². The van der Waals surface area contributed by atoms with Gasteiger partial charge < -0.3 is 4.90 Å².